The SMILES string of the molecule is CC[C@H](C)[C@H]1O[C@]2(CC[C@@H]1C)C[C@@H]1C[C@@H](C/C=C(\C)[C@@H](O)[C@@H](C)/C=C/C=C3\CO[C@@H]4[C@H](OC(=O)c5ccc(C)cc5)C(C)=C[C@@H](C(=O)O1)[C@]34O)O2. The largest absolute Gasteiger partial charge is 0.462 e. The molecule has 4 heterocycles. The van der Waals surface area contributed by atoms with E-state index in [1.54, 1.807) is 37.3 Å². The number of aliphatic hydroxyl groups is 2. The highest BCUT2D eigenvalue weighted by Crippen LogP contribution is 2.48. The molecule has 2 bridgehead atoms. The summed E-state index contributed by atoms with van der Waals surface area (Å²) in [5.74, 6) is -2.68. The fraction of sp³-hybridized carbons (Fsp3) is 0.619. The van der Waals surface area contributed by atoms with Gasteiger partial charge in [-0.05, 0) is 74.3 Å². The smallest absolute Gasteiger partial charge is 0.338 e. The fourth-order valence-electron chi connectivity index (χ4n) is 8.56. The van der Waals surface area contributed by atoms with E-state index in [9.17, 15) is 19.8 Å². The summed E-state index contributed by atoms with van der Waals surface area (Å²) < 4.78 is 32.3. The maximum atomic E-state index is 14.4. The quantitative estimate of drug-likeness (QED) is 0.261. The number of benzene rings is 1. The van der Waals surface area contributed by atoms with Crippen molar-refractivity contribution in [1.82, 2.24) is 0 Å². The van der Waals surface area contributed by atoms with Gasteiger partial charge in [0.2, 0.25) is 0 Å². The number of ether oxygens (including phenoxy) is 5. The second-order valence-electron chi connectivity index (χ2n) is 15.8. The third kappa shape index (κ3) is 7.56. The molecule has 2 N–H and O–H groups in total. The summed E-state index contributed by atoms with van der Waals surface area (Å²) in [6, 6.07) is 7.08. The Bertz CT molecular complexity index is 1570. The number of allylic oxidation sites excluding steroid dienone is 2. The lowest BCUT2D eigenvalue weighted by Gasteiger charge is -2.51. The average molecular weight is 705 g/mol. The van der Waals surface area contributed by atoms with Crippen molar-refractivity contribution in [3.63, 3.8) is 0 Å². The first-order chi connectivity index (χ1) is 24.2. The molecule has 0 aromatic heterocycles. The summed E-state index contributed by atoms with van der Waals surface area (Å²) in [5, 5.41) is 23.9. The summed E-state index contributed by atoms with van der Waals surface area (Å²) in [6.07, 6.45) is 9.51. The van der Waals surface area contributed by atoms with Crippen LogP contribution >= 0.6 is 0 Å². The maximum absolute atomic E-state index is 14.4. The Morgan fingerprint density at radius 3 is 2.55 bits per heavy atom. The van der Waals surface area contributed by atoms with Gasteiger partial charge in [-0.15, -0.1) is 0 Å². The Morgan fingerprint density at radius 2 is 1.82 bits per heavy atom. The van der Waals surface area contributed by atoms with Crippen LogP contribution in [0.2, 0.25) is 0 Å². The van der Waals surface area contributed by atoms with Crippen LogP contribution in [0.4, 0.5) is 0 Å². The molecule has 278 valence electrons. The Morgan fingerprint density at radius 1 is 1.08 bits per heavy atom. The van der Waals surface area contributed by atoms with Gasteiger partial charge < -0.3 is 33.9 Å². The van der Waals surface area contributed by atoms with Gasteiger partial charge in [0, 0.05) is 25.2 Å². The normalized spacial score (nSPS) is 41.9. The number of rotatable bonds is 4. The Balaban J connectivity index is 1.37. The molecule has 9 nitrogen and oxygen atoms in total. The number of aryl methyl sites for hydroxylation is 1. The molecule has 1 aromatic carbocycles. The van der Waals surface area contributed by atoms with E-state index in [-0.39, 0.29) is 24.7 Å². The van der Waals surface area contributed by atoms with Crippen molar-refractivity contribution < 1.29 is 43.5 Å². The maximum Gasteiger partial charge on any atom is 0.338 e. The predicted molar refractivity (Wildman–Crippen MR) is 193 cm³/mol. The highest BCUT2D eigenvalue weighted by atomic mass is 16.7. The predicted octanol–water partition coefficient (Wildman–Crippen LogP) is 6.70. The first kappa shape index (κ1) is 37.7. The molecule has 1 aliphatic carbocycles. The summed E-state index contributed by atoms with van der Waals surface area (Å²) in [5.41, 5.74) is 1.43. The third-order valence-corrected chi connectivity index (χ3v) is 12.0. The zero-order valence-corrected chi connectivity index (χ0v) is 31.2. The van der Waals surface area contributed by atoms with Gasteiger partial charge in [-0.25, -0.2) is 4.79 Å². The van der Waals surface area contributed by atoms with Crippen LogP contribution in [0, 0.1) is 30.6 Å². The Labute approximate surface area is 302 Å². The van der Waals surface area contributed by atoms with E-state index in [4.69, 9.17) is 23.7 Å². The van der Waals surface area contributed by atoms with E-state index in [0.29, 0.717) is 54.2 Å². The zero-order chi connectivity index (χ0) is 36.7. The van der Waals surface area contributed by atoms with Crippen LogP contribution in [0.25, 0.3) is 0 Å². The van der Waals surface area contributed by atoms with Crippen LogP contribution in [0.1, 0.15) is 96.0 Å². The van der Waals surface area contributed by atoms with Gasteiger partial charge in [0.25, 0.3) is 0 Å². The van der Waals surface area contributed by atoms with Crippen LogP contribution in [0.3, 0.4) is 0 Å². The topological polar surface area (TPSA) is 121 Å². The van der Waals surface area contributed by atoms with Gasteiger partial charge in [-0.2, -0.15) is 0 Å². The summed E-state index contributed by atoms with van der Waals surface area (Å²) in [6.45, 7) is 14.2. The monoisotopic (exact) mass is 704 g/mol. The highest BCUT2D eigenvalue weighted by Gasteiger charge is 2.61. The van der Waals surface area contributed by atoms with Gasteiger partial charge >= 0.3 is 11.9 Å². The van der Waals surface area contributed by atoms with Crippen molar-refractivity contribution in [1.29, 1.82) is 0 Å². The molecule has 0 amide bonds. The minimum atomic E-state index is -1.85. The molecule has 3 fully saturated rings. The van der Waals surface area contributed by atoms with Gasteiger partial charge in [0.1, 0.15) is 23.7 Å². The number of esters is 2. The van der Waals surface area contributed by atoms with E-state index < -0.39 is 53.7 Å². The molecular weight excluding hydrogens is 648 g/mol. The van der Waals surface area contributed by atoms with Gasteiger partial charge in [0.15, 0.2) is 11.9 Å². The highest BCUT2D eigenvalue weighted by molar-refractivity contribution is 5.90. The first-order valence-electron chi connectivity index (χ1n) is 18.8. The third-order valence-electron chi connectivity index (χ3n) is 12.0. The van der Waals surface area contributed by atoms with E-state index in [1.807, 2.05) is 45.1 Å². The molecular formula is C42H56O9. The molecule has 5 aliphatic rings. The van der Waals surface area contributed by atoms with Crippen LogP contribution < -0.4 is 0 Å². The summed E-state index contributed by atoms with van der Waals surface area (Å²) in [4.78, 5) is 27.7. The second-order valence-corrected chi connectivity index (χ2v) is 15.8. The fourth-order valence-corrected chi connectivity index (χ4v) is 8.56. The number of aliphatic hydroxyl groups excluding tert-OH is 1. The lowest BCUT2D eigenvalue weighted by molar-refractivity contribution is -0.340. The molecule has 0 radical (unpaired) electrons. The van der Waals surface area contributed by atoms with Crippen LogP contribution in [0.15, 0.2) is 71.4 Å². The molecule has 3 saturated heterocycles. The number of hydrogen-bond acceptors (Lipinski definition) is 9. The number of hydrogen-bond donors (Lipinski definition) is 2. The number of carbonyl (C=O) groups is 2. The van der Waals surface area contributed by atoms with Crippen LogP contribution in [0.5, 0.6) is 0 Å². The summed E-state index contributed by atoms with van der Waals surface area (Å²) in [7, 11) is 0. The lowest BCUT2D eigenvalue weighted by atomic mass is 9.70. The van der Waals surface area contributed by atoms with Gasteiger partial charge in [0.05, 0.1) is 30.5 Å². The minimum Gasteiger partial charge on any atom is -0.462 e. The molecule has 0 unspecified atom stereocenters. The number of fused-ring (bicyclic) bond motifs is 2. The lowest BCUT2D eigenvalue weighted by Crippen LogP contribution is -2.59. The van der Waals surface area contributed by atoms with Crippen LogP contribution in [-0.4, -0.2) is 76.8 Å². The molecule has 6 rings (SSSR count). The molecule has 12 atom stereocenters. The van der Waals surface area contributed by atoms with E-state index in [1.165, 1.54) is 0 Å². The second kappa shape index (κ2) is 15.1. The van der Waals surface area contributed by atoms with E-state index >= 15 is 0 Å². The van der Waals surface area contributed by atoms with E-state index in [2.05, 4.69) is 20.8 Å². The molecule has 9 heteroatoms. The van der Waals surface area contributed by atoms with Crippen molar-refractivity contribution in [2.24, 2.45) is 23.7 Å². The molecule has 1 aromatic rings. The first-order valence-corrected chi connectivity index (χ1v) is 18.8. The van der Waals surface area contributed by atoms with Crippen molar-refractivity contribution in [2.75, 3.05) is 6.61 Å². The van der Waals surface area contributed by atoms with E-state index in [0.717, 1.165) is 24.0 Å². The Hall–Kier alpha value is -3.08. The van der Waals surface area contributed by atoms with Crippen molar-refractivity contribution in [3.05, 3.63) is 82.5 Å². The van der Waals surface area contributed by atoms with Crippen LogP contribution in [-0.2, 0) is 28.5 Å². The zero-order valence-electron chi connectivity index (χ0n) is 31.2. The standard InChI is InChI=1S/C42H56O9/c1-8-25(3)36-28(6)18-19-41(51-36)22-33-21-32(50-41)17-14-27(5)35(43)26(4)10-9-11-31-23-47-38-37(49-39(44)30-15-12-24(2)13-16-30)29(7)20-34(40(45)48-33)42(31,38)46/h9-16,20,25-26,28,32-38,43,46H,8,17-19,21-23H2,1-7H3/b10-9+,27-14+,31-11+/t25-,26-,28-,32+,33-,34-,35-,36+,37+,38+,41+,42+/m0/s1. The molecule has 4 aliphatic heterocycles. The van der Waals surface area contributed by atoms with Crippen molar-refractivity contribution in [2.45, 2.75) is 135 Å². The van der Waals surface area contributed by atoms with Crippen molar-refractivity contribution in [3.8, 4) is 0 Å². The summed E-state index contributed by atoms with van der Waals surface area (Å²) >= 11 is 0. The molecule has 1 spiro atoms. The average Bonchev–Trinajstić information content (AvgIpc) is 3.44. The molecule has 0 saturated carbocycles. The Kier molecular flexibility index (Phi) is 11.2. The van der Waals surface area contributed by atoms with Crippen molar-refractivity contribution >= 4 is 11.9 Å². The minimum absolute atomic E-state index is 0.0109. The molecule has 51 heavy (non-hydrogen) atoms. The van der Waals surface area contributed by atoms with Gasteiger partial charge in [-0.3, -0.25) is 4.79 Å². The number of carbonyl (C=O) groups excluding carboxylic acids is 2. The van der Waals surface area contributed by atoms with Gasteiger partial charge in [-0.1, -0.05) is 82.2 Å².